The van der Waals surface area contributed by atoms with E-state index in [0.717, 1.165) is 39.2 Å². The third-order valence-electron chi connectivity index (χ3n) is 5.23. The molecule has 4 rings (SSSR count). The van der Waals surface area contributed by atoms with Crippen LogP contribution in [0.2, 0.25) is 0 Å². The highest BCUT2D eigenvalue weighted by molar-refractivity contribution is 9.10. The summed E-state index contributed by atoms with van der Waals surface area (Å²) in [6, 6.07) is 18.7. The van der Waals surface area contributed by atoms with Crippen LogP contribution >= 0.6 is 27.7 Å². The summed E-state index contributed by atoms with van der Waals surface area (Å²) < 4.78 is 3.26. The van der Waals surface area contributed by atoms with Gasteiger partial charge in [-0.05, 0) is 79.9 Å². The molecule has 4 nitrogen and oxygen atoms in total. The van der Waals surface area contributed by atoms with Crippen molar-refractivity contribution in [1.29, 1.82) is 0 Å². The van der Waals surface area contributed by atoms with Crippen molar-refractivity contribution in [3.05, 3.63) is 86.5 Å². The molecular formula is C24H24BrN3OS. The zero-order valence-electron chi connectivity index (χ0n) is 17.2. The number of aryl methyl sites for hydroxylation is 2. The minimum atomic E-state index is -0.175. The summed E-state index contributed by atoms with van der Waals surface area (Å²) >= 11 is 5.00. The summed E-state index contributed by atoms with van der Waals surface area (Å²) in [6.07, 6.45) is 3.00. The molecule has 3 aromatic rings. The van der Waals surface area contributed by atoms with Crippen molar-refractivity contribution in [1.82, 2.24) is 9.88 Å². The van der Waals surface area contributed by atoms with Crippen LogP contribution in [0.3, 0.4) is 0 Å². The maximum atomic E-state index is 12.5. The zero-order chi connectivity index (χ0) is 21.3. The summed E-state index contributed by atoms with van der Waals surface area (Å²) in [5.41, 5.74) is 6.53. The van der Waals surface area contributed by atoms with Crippen LogP contribution in [-0.2, 0) is 11.2 Å². The summed E-state index contributed by atoms with van der Waals surface area (Å²) in [5.74, 6) is -0.0453. The van der Waals surface area contributed by atoms with Gasteiger partial charge in [0.25, 0.3) is 5.91 Å². The molecule has 1 aromatic heterocycles. The van der Waals surface area contributed by atoms with Crippen molar-refractivity contribution in [3.8, 4) is 5.69 Å². The number of carbonyl (C=O) groups excluding carboxylic acids is 1. The molecule has 30 heavy (non-hydrogen) atoms. The van der Waals surface area contributed by atoms with Crippen LogP contribution in [-0.4, -0.2) is 16.0 Å². The molecule has 0 bridgehead atoms. The van der Waals surface area contributed by atoms with E-state index in [1.807, 2.05) is 18.2 Å². The van der Waals surface area contributed by atoms with E-state index in [0.29, 0.717) is 4.91 Å². The molecule has 154 valence electrons. The molecule has 2 N–H and O–H groups in total. The number of anilines is 1. The van der Waals surface area contributed by atoms with Gasteiger partial charge in [0.1, 0.15) is 0 Å². The molecule has 1 fully saturated rings. The van der Waals surface area contributed by atoms with Crippen LogP contribution in [0.1, 0.15) is 29.4 Å². The van der Waals surface area contributed by atoms with Gasteiger partial charge >= 0.3 is 0 Å². The molecule has 0 unspecified atom stereocenters. The number of thioether (sulfide) groups is 1. The van der Waals surface area contributed by atoms with E-state index in [1.54, 1.807) is 0 Å². The number of carbonyl (C=O) groups is 1. The van der Waals surface area contributed by atoms with E-state index in [1.165, 1.54) is 17.3 Å². The second-order valence-corrected chi connectivity index (χ2v) is 9.38. The molecule has 0 aliphatic carbocycles. The third-order valence-corrected chi connectivity index (χ3v) is 6.79. The minimum Gasteiger partial charge on any atom is -0.357 e. The number of nitrogens with zero attached hydrogens (tertiary/aromatic N) is 1. The van der Waals surface area contributed by atoms with E-state index in [9.17, 15) is 4.79 Å². The fourth-order valence-corrected chi connectivity index (χ4v) is 4.86. The Labute approximate surface area is 189 Å². The van der Waals surface area contributed by atoms with Crippen molar-refractivity contribution < 1.29 is 4.79 Å². The van der Waals surface area contributed by atoms with Gasteiger partial charge in [0, 0.05) is 27.2 Å². The van der Waals surface area contributed by atoms with E-state index in [-0.39, 0.29) is 11.4 Å². The first-order valence-corrected chi connectivity index (χ1v) is 11.6. The Kier molecular flexibility index (Phi) is 6.06. The van der Waals surface area contributed by atoms with Crippen LogP contribution in [0, 0.1) is 13.8 Å². The van der Waals surface area contributed by atoms with Crippen molar-refractivity contribution in [3.63, 3.8) is 0 Å². The van der Waals surface area contributed by atoms with Gasteiger partial charge in [0.05, 0.1) is 4.91 Å². The maximum Gasteiger partial charge on any atom is 0.260 e. The minimum absolute atomic E-state index is 0.0453. The number of hydrogen-bond acceptors (Lipinski definition) is 3. The molecule has 0 radical (unpaired) electrons. The maximum absolute atomic E-state index is 12.5. The van der Waals surface area contributed by atoms with Crippen LogP contribution in [0.4, 0.5) is 5.69 Å². The number of rotatable bonds is 5. The van der Waals surface area contributed by atoms with Crippen LogP contribution in [0.25, 0.3) is 11.8 Å². The van der Waals surface area contributed by atoms with Gasteiger partial charge in [0.2, 0.25) is 0 Å². The number of hydrogen-bond donors (Lipinski definition) is 2. The fourth-order valence-electron chi connectivity index (χ4n) is 3.62. The lowest BCUT2D eigenvalue weighted by Crippen LogP contribution is -2.30. The van der Waals surface area contributed by atoms with E-state index in [4.69, 9.17) is 0 Å². The highest BCUT2D eigenvalue weighted by Gasteiger charge is 2.27. The Morgan fingerprint density at radius 3 is 2.50 bits per heavy atom. The van der Waals surface area contributed by atoms with Crippen LogP contribution < -0.4 is 10.6 Å². The quantitative estimate of drug-likeness (QED) is 0.438. The van der Waals surface area contributed by atoms with Crippen LogP contribution in [0.5, 0.6) is 0 Å². The van der Waals surface area contributed by atoms with Crippen molar-refractivity contribution >= 4 is 45.4 Å². The molecule has 1 amide bonds. The average molecular weight is 482 g/mol. The molecule has 1 aliphatic heterocycles. The molecule has 1 saturated heterocycles. The Hall–Kier alpha value is -2.44. The van der Waals surface area contributed by atoms with Gasteiger partial charge in [-0.2, -0.15) is 0 Å². The first kappa shape index (κ1) is 20.8. The molecule has 0 saturated carbocycles. The predicted octanol–water partition coefficient (Wildman–Crippen LogP) is 6.02. The largest absolute Gasteiger partial charge is 0.357 e. The van der Waals surface area contributed by atoms with Crippen molar-refractivity contribution in [2.45, 2.75) is 32.7 Å². The second-order valence-electron chi connectivity index (χ2n) is 7.31. The normalized spacial score (nSPS) is 17.4. The van der Waals surface area contributed by atoms with E-state index < -0.39 is 0 Å². The summed E-state index contributed by atoms with van der Waals surface area (Å²) in [7, 11) is 0. The Morgan fingerprint density at radius 2 is 1.83 bits per heavy atom. The zero-order valence-corrected chi connectivity index (χ0v) is 19.6. The van der Waals surface area contributed by atoms with Gasteiger partial charge in [-0.15, -0.1) is 0 Å². The summed E-state index contributed by atoms with van der Waals surface area (Å²) in [4.78, 5) is 13.3. The molecule has 2 aromatic carbocycles. The van der Waals surface area contributed by atoms with Crippen molar-refractivity contribution in [2.75, 3.05) is 5.32 Å². The highest BCUT2D eigenvalue weighted by Crippen LogP contribution is 2.32. The SMILES string of the molecule is CCc1ccc(N[C@H]2NC(=O)/C(=C\c3cc(C)n(-c4ccc(Br)cc4)c3C)S2)cc1. The number of nitrogens with one attached hydrogen (secondary N) is 2. The summed E-state index contributed by atoms with van der Waals surface area (Å²) in [5, 5.41) is 6.39. The number of benzene rings is 2. The van der Waals surface area contributed by atoms with Gasteiger partial charge in [-0.1, -0.05) is 46.7 Å². The highest BCUT2D eigenvalue weighted by atomic mass is 79.9. The number of halogens is 1. The Balaban J connectivity index is 1.54. The first-order valence-electron chi connectivity index (χ1n) is 9.94. The van der Waals surface area contributed by atoms with Crippen LogP contribution in [0.15, 0.2) is 64.0 Å². The molecular weight excluding hydrogens is 458 g/mol. The van der Waals surface area contributed by atoms with Gasteiger partial charge in [-0.3, -0.25) is 4.79 Å². The number of aromatic nitrogens is 1. The summed E-state index contributed by atoms with van der Waals surface area (Å²) in [6.45, 7) is 6.31. The van der Waals surface area contributed by atoms with Gasteiger partial charge in [-0.25, -0.2) is 0 Å². The fraction of sp³-hybridized carbons (Fsp3) is 0.208. The average Bonchev–Trinajstić information content (AvgIpc) is 3.21. The Bertz CT molecular complexity index is 1100. The van der Waals surface area contributed by atoms with E-state index in [2.05, 4.69) is 94.4 Å². The lowest BCUT2D eigenvalue weighted by molar-refractivity contribution is -0.116. The number of amides is 1. The predicted molar refractivity (Wildman–Crippen MR) is 130 cm³/mol. The molecule has 6 heteroatoms. The van der Waals surface area contributed by atoms with Gasteiger partial charge < -0.3 is 15.2 Å². The van der Waals surface area contributed by atoms with Crippen molar-refractivity contribution in [2.24, 2.45) is 0 Å². The lowest BCUT2D eigenvalue weighted by Gasteiger charge is -2.12. The monoisotopic (exact) mass is 481 g/mol. The molecule has 1 aliphatic rings. The molecule has 0 spiro atoms. The van der Waals surface area contributed by atoms with Gasteiger partial charge in [0.15, 0.2) is 5.50 Å². The topological polar surface area (TPSA) is 46.1 Å². The standard InChI is InChI=1S/C24H24BrN3OS/c1-4-17-5-9-20(10-6-17)26-24-27-23(29)22(30-24)14-18-13-15(2)28(16(18)3)21-11-7-19(25)8-12-21/h5-14,24,26H,4H2,1-3H3,(H,27,29)/b22-14+/t24-/m0/s1. The molecule has 1 atom stereocenters. The smallest absolute Gasteiger partial charge is 0.260 e. The Morgan fingerprint density at radius 1 is 1.13 bits per heavy atom. The van der Waals surface area contributed by atoms with E-state index >= 15 is 0 Å². The molecule has 2 heterocycles. The first-order chi connectivity index (χ1) is 14.4. The second kappa shape index (κ2) is 8.74. The lowest BCUT2D eigenvalue weighted by atomic mass is 10.1. The third kappa shape index (κ3) is 4.35.